The Bertz CT molecular complexity index is 364. The average molecular weight is 234 g/mol. The zero-order chi connectivity index (χ0) is 13.1. The van der Waals surface area contributed by atoms with Crippen LogP contribution in [-0.4, -0.2) is 6.04 Å². The van der Waals surface area contributed by atoms with Crippen LogP contribution in [-0.2, 0) is 6.42 Å². The van der Waals surface area contributed by atoms with Crippen LogP contribution in [0, 0.1) is 19.3 Å². The number of nitrogens with one attached hydrogen (secondary N) is 1. The Labute approximate surface area is 106 Å². The Morgan fingerprint density at radius 3 is 2.29 bits per heavy atom. The maximum atomic E-state index is 5.65. The molecule has 0 heterocycles. The molecule has 0 bridgehead atoms. The second-order valence-corrected chi connectivity index (χ2v) is 6.25. The first kappa shape index (κ1) is 14.2. The van der Waals surface area contributed by atoms with E-state index in [0.717, 1.165) is 12.8 Å². The molecule has 96 valence electrons. The molecule has 17 heavy (non-hydrogen) atoms. The number of hydrogen-bond donors (Lipinski definition) is 2. The van der Waals surface area contributed by atoms with Gasteiger partial charge in [-0.25, -0.2) is 0 Å². The zero-order valence-corrected chi connectivity index (χ0v) is 11.8. The van der Waals surface area contributed by atoms with Gasteiger partial charge in [0.1, 0.15) is 0 Å². The summed E-state index contributed by atoms with van der Waals surface area (Å²) in [6.45, 7) is 11.0. The normalized spacial score (nSPS) is 13.8. The lowest BCUT2D eigenvalue weighted by atomic mass is 9.86. The smallest absolute Gasteiger partial charge is 0.0255 e. The van der Waals surface area contributed by atoms with Crippen LogP contribution in [0.4, 0.5) is 0 Å². The summed E-state index contributed by atoms with van der Waals surface area (Å²) in [5, 5.41) is 0. The fraction of sp³-hybridized carbons (Fsp3) is 0.600. The number of nitrogens with two attached hydrogens (primary N) is 1. The van der Waals surface area contributed by atoms with Crippen molar-refractivity contribution >= 4 is 0 Å². The van der Waals surface area contributed by atoms with Crippen LogP contribution >= 0.6 is 0 Å². The number of benzene rings is 1. The van der Waals surface area contributed by atoms with Crippen molar-refractivity contribution in [3.8, 4) is 0 Å². The van der Waals surface area contributed by atoms with E-state index in [4.69, 9.17) is 5.84 Å². The number of hydrogen-bond acceptors (Lipinski definition) is 2. The van der Waals surface area contributed by atoms with E-state index in [-0.39, 0.29) is 0 Å². The predicted octanol–water partition coefficient (Wildman–Crippen LogP) is 3.11. The molecule has 0 amide bonds. The summed E-state index contributed by atoms with van der Waals surface area (Å²) in [5.41, 5.74) is 7.31. The summed E-state index contributed by atoms with van der Waals surface area (Å²) in [5.74, 6) is 5.65. The first-order chi connectivity index (χ1) is 7.81. The zero-order valence-electron chi connectivity index (χ0n) is 11.8. The van der Waals surface area contributed by atoms with Gasteiger partial charge in [0.25, 0.3) is 0 Å². The van der Waals surface area contributed by atoms with Crippen LogP contribution < -0.4 is 11.3 Å². The molecule has 1 unspecified atom stereocenters. The van der Waals surface area contributed by atoms with E-state index in [1.165, 1.54) is 16.7 Å². The van der Waals surface area contributed by atoms with Crippen LogP contribution in [0.3, 0.4) is 0 Å². The van der Waals surface area contributed by atoms with Crippen molar-refractivity contribution in [2.45, 2.75) is 53.5 Å². The SMILES string of the molecule is Cc1ccc(CC(CC(C)(C)C)NN)cc1C. The molecule has 2 heteroatoms. The fourth-order valence-corrected chi connectivity index (χ4v) is 2.14. The Kier molecular flexibility index (Phi) is 4.72. The van der Waals surface area contributed by atoms with Crippen molar-refractivity contribution in [3.63, 3.8) is 0 Å². The Hall–Kier alpha value is -0.860. The number of rotatable bonds is 4. The van der Waals surface area contributed by atoms with E-state index in [1.54, 1.807) is 0 Å². The van der Waals surface area contributed by atoms with E-state index in [1.807, 2.05) is 0 Å². The first-order valence-electron chi connectivity index (χ1n) is 6.34. The second-order valence-electron chi connectivity index (χ2n) is 6.25. The van der Waals surface area contributed by atoms with Crippen molar-refractivity contribution in [1.29, 1.82) is 0 Å². The lowest BCUT2D eigenvalue weighted by Gasteiger charge is -2.25. The highest BCUT2D eigenvalue weighted by Gasteiger charge is 2.18. The lowest BCUT2D eigenvalue weighted by Crippen LogP contribution is -2.39. The van der Waals surface area contributed by atoms with Crippen LogP contribution in [0.1, 0.15) is 43.9 Å². The molecule has 0 spiro atoms. The summed E-state index contributed by atoms with van der Waals surface area (Å²) < 4.78 is 0. The fourth-order valence-electron chi connectivity index (χ4n) is 2.14. The molecule has 0 aromatic heterocycles. The molecule has 0 fully saturated rings. The van der Waals surface area contributed by atoms with E-state index in [9.17, 15) is 0 Å². The molecule has 1 aromatic rings. The minimum Gasteiger partial charge on any atom is -0.271 e. The van der Waals surface area contributed by atoms with Gasteiger partial charge in [-0.2, -0.15) is 0 Å². The first-order valence-corrected chi connectivity index (χ1v) is 6.34. The highest BCUT2D eigenvalue weighted by atomic mass is 15.2. The van der Waals surface area contributed by atoms with E-state index < -0.39 is 0 Å². The molecule has 2 nitrogen and oxygen atoms in total. The van der Waals surface area contributed by atoms with Crippen LogP contribution in [0.15, 0.2) is 18.2 Å². The molecular weight excluding hydrogens is 208 g/mol. The molecule has 0 aliphatic carbocycles. The van der Waals surface area contributed by atoms with Crippen molar-refractivity contribution in [1.82, 2.24) is 5.43 Å². The molecule has 1 rings (SSSR count). The van der Waals surface area contributed by atoms with Gasteiger partial charge in [0, 0.05) is 6.04 Å². The average Bonchev–Trinajstić information content (AvgIpc) is 2.20. The minimum atomic E-state index is 0.302. The van der Waals surface area contributed by atoms with Gasteiger partial charge in [0.15, 0.2) is 0 Å². The van der Waals surface area contributed by atoms with Crippen molar-refractivity contribution in [2.75, 3.05) is 0 Å². The minimum absolute atomic E-state index is 0.302. The third kappa shape index (κ3) is 4.88. The molecule has 0 aliphatic heterocycles. The van der Waals surface area contributed by atoms with Gasteiger partial charge >= 0.3 is 0 Å². The second kappa shape index (κ2) is 5.65. The number of hydrazine groups is 1. The van der Waals surface area contributed by atoms with Gasteiger partial charge in [-0.1, -0.05) is 39.0 Å². The quantitative estimate of drug-likeness (QED) is 0.620. The Morgan fingerprint density at radius 1 is 1.18 bits per heavy atom. The van der Waals surface area contributed by atoms with Gasteiger partial charge in [0.2, 0.25) is 0 Å². The molecule has 0 saturated carbocycles. The summed E-state index contributed by atoms with van der Waals surface area (Å²) >= 11 is 0. The number of aryl methyl sites for hydroxylation is 2. The van der Waals surface area contributed by atoms with Crippen LogP contribution in [0.25, 0.3) is 0 Å². The molecule has 1 atom stereocenters. The van der Waals surface area contributed by atoms with Crippen LogP contribution in [0.5, 0.6) is 0 Å². The summed E-state index contributed by atoms with van der Waals surface area (Å²) in [6, 6.07) is 7.00. The van der Waals surface area contributed by atoms with Crippen LogP contribution in [0.2, 0.25) is 0 Å². The molecule has 0 aliphatic rings. The monoisotopic (exact) mass is 234 g/mol. The topological polar surface area (TPSA) is 38.0 Å². The summed E-state index contributed by atoms with van der Waals surface area (Å²) in [6.07, 6.45) is 2.07. The maximum absolute atomic E-state index is 5.65. The highest BCUT2D eigenvalue weighted by Crippen LogP contribution is 2.22. The van der Waals surface area contributed by atoms with E-state index in [0.29, 0.717) is 11.5 Å². The summed E-state index contributed by atoms with van der Waals surface area (Å²) in [7, 11) is 0. The third-order valence-electron chi connectivity index (χ3n) is 3.15. The van der Waals surface area contributed by atoms with Gasteiger partial charge in [-0.15, -0.1) is 0 Å². The highest BCUT2D eigenvalue weighted by molar-refractivity contribution is 5.30. The molecule has 1 aromatic carbocycles. The largest absolute Gasteiger partial charge is 0.271 e. The van der Waals surface area contributed by atoms with Crippen molar-refractivity contribution in [3.05, 3.63) is 34.9 Å². The Morgan fingerprint density at radius 2 is 1.82 bits per heavy atom. The van der Waals surface area contributed by atoms with E-state index >= 15 is 0 Å². The molecular formula is C15H26N2. The molecule has 0 radical (unpaired) electrons. The molecule has 0 saturated heterocycles. The van der Waals surface area contributed by atoms with Crippen molar-refractivity contribution in [2.24, 2.45) is 11.3 Å². The van der Waals surface area contributed by atoms with Gasteiger partial charge in [-0.05, 0) is 48.8 Å². The lowest BCUT2D eigenvalue weighted by molar-refractivity contribution is 0.308. The maximum Gasteiger partial charge on any atom is 0.0255 e. The third-order valence-corrected chi connectivity index (χ3v) is 3.15. The standard InChI is InChI=1S/C15H26N2/c1-11-6-7-13(8-12(11)2)9-14(17-16)10-15(3,4)5/h6-8,14,17H,9-10,16H2,1-5H3. The Balaban J connectivity index is 2.70. The van der Waals surface area contributed by atoms with Crippen molar-refractivity contribution < 1.29 is 0 Å². The summed E-state index contributed by atoms with van der Waals surface area (Å²) in [4.78, 5) is 0. The van der Waals surface area contributed by atoms with E-state index in [2.05, 4.69) is 58.2 Å². The predicted molar refractivity (Wildman–Crippen MR) is 74.8 cm³/mol. The molecule has 3 N–H and O–H groups in total. The van der Waals surface area contributed by atoms with Gasteiger partial charge in [0.05, 0.1) is 0 Å². The van der Waals surface area contributed by atoms with Gasteiger partial charge in [-0.3, -0.25) is 11.3 Å². The van der Waals surface area contributed by atoms with Gasteiger partial charge < -0.3 is 0 Å².